The van der Waals surface area contributed by atoms with E-state index in [9.17, 15) is 18.0 Å². The van der Waals surface area contributed by atoms with Crippen LogP contribution < -0.4 is 15.4 Å². The largest absolute Gasteiger partial charge is 0.416 e. The zero-order valence-corrected chi connectivity index (χ0v) is 17.5. The van der Waals surface area contributed by atoms with E-state index < -0.39 is 17.3 Å². The van der Waals surface area contributed by atoms with Gasteiger partial charge in [0.2, 0.25) is 0 Å². The van der Waals surface area contributed by atoms with Crippen molar-refractivity contribution in [1.29, 1.82) is 0 Å². The lowest BCUT2D eigenvalue weighted by atomic mass is 10.1. The first-order valence-electron chi connectivity index (χ1n) is 9.32. The second-order valence-corrected chi connectivity index (χ2v) is 7.67. The second kappa shape index (κ2) is 8.39. The predicted octanol–water partition coefficient (Wildman–Crippen LogP) is 4.28. The van der Waals surface area contributed by atoms with Crippen molar-refractivity contribution in [3.05, 3.63) is 74.8 Å². The number of benzene rings is 1. The van der Waals surface area contributed by atoms with Gasteiger partial charge in [-0.25, -0.2) is 4.98 Å². The van der Waals surface area contributed by atoms with Crippen molar-refractivity contribution in [2.24, 2.45) is 0 Å². The zero-order valence-electron chi connectivity index (χ0n) is 16.0. The van der Waals surface area contributed by atoms with E-state index in [-0.39, 0.29) is 16.0 Å². The number of pyridine rings is 1. The third kappa shape index (κ3) is 4.47. The highest BCUT2D eigenvalue weighted by Gasteiger charge is 2.31. The Morgan fingerprint density at radius 3 is 2.29 bits per heavy atom. The fraction of sp³-hybridized carbons (Fsp3) is 0.250. The standard InChI is InChI=1S/C20H16Cl2F3N5O/c21-16-5-2-6-17(27-16)30-19(31)18(22)15(12-26-30)29-9-7-28(8-10-29)14-4-1-3-13(11-14)20(23,24)25/h1-6,11-12H,7-10H2. The lowest BCUT2D eigenvalue weighted by Crippen LogP contribution is -2.47. The summed E-state index contributed by atoms with van der Waals surface area (Å²) in [6.45, 7) is 1.88. The Balaban J connectivity index is 1.52. The van der Waals surface area contributed by atoms with Crippen LogP contribution in [-0.2, 0) is 6.18 Å². The number of halogens is 5. The highest BCUT2D eigenvalue weighted by Crippen LogP contribution is 2.32. The average Bonchev–Trinajstić information content (AvgIpc) is 2.75. The van der Waals surface area contributed by atoms with E-state index in [1.807, 2.05) is 9.80 Å². The van der Waals surface area contributed by atoms with Gasteiger partial charge in [0.25, 0.3) is 5.56 Å². The van der Waals surface area contributed by atoms with Gasteiger partial charge in [-0.05, 0) is 30.3 Å². The van der Waals surface area contributed by atoms with Crippen LogP contribution in [-0.4, -0.2) is 40.9 Å². The van der Waals surface area contributed by atoms with Crippen molar-refractivity contribution in [1.82, 2.24) is 14.8 Å². The van der Waals surface area contributed by atoms with E-state index in [1.165, 1.54) is 12.3 Å². The summed E-state index contributed by atoms with van der Waals surface area (Å²) in [5, 5.41) is 4.37. The van der Waals surface area contributed by atoms with E-state index >= 15 is 0 Å². The van der Waals surface area contributed by atoms with Crippen LogP contribution in [0.5, 0.6) is 0 Å². The molecular formula is C20H16Cl2F3N5O. The van der Waals surface area contributed by atoms with Gasteiger partial charge in [-0.3, -0.25) is 4.79 Å². The zero-order chi connectivity index (χ0) is 22.2. The number of hydrogen-bond donors (Lipinski definition) is 0. The summed E-state index contributed by atoms with van der Waals surface area (Å²) in [6.07, 6.45) is -2.91. The summed E-state index contributed by atoms with van der Waals surface area (Å²) in [5.74, 6) is 0.250. The maximum atomic E-state index is 13.0. The topological polar surface area (TPSA) is 54.3 Å². The molecule has 0 saturated carbocycles. The summed E-state index contributed by atoms with van der Waals surface area (Å²) >= 11 is 12.2. The van der Waals surface area contributed by atoms with Gasteiger partial charge in [-0.15, -0.1) is 0 Å². The molecule has 162 valence electrons. The van der Waals surface area contributed by atoms with Crippen molar-refractivity contribution in [3.8, 4) is 5.82 Å². The van der Waals surface area contributed by atoms with Crippen LogP contribution in [0.2, 0.25) is 10.2 Å². The molecule has 0 aliphatic carbocycles. The molecule has 2 aromatic heterocycles. The summed E-state index contributed by atoms with van der Waals surface area (Å²) in [7, 11) is 0. The highest BCUT2D eigenvalue weighted by atomic mass is 35.5. The third-order valence-corrected chi connectivity index (χ3v) is 5.54. The lowest BCUT2D eigenvalue weighted by molar-refractivity contribution is -0.137. The minimum absolute atomic E-state index is 0.00991. The molecule has 0 radical (unpaired) electrons. The number of anilines is 2. The molecule has 0 N–H and O–H groups in total. The molecule has 4 rings (SSSR count). The van der Waals surface area contributed by atoms with Crippen LogP contribution in [0.1, 0.15) is 5.56 Å². The molecule has 1 aliphatic heterocycles. The first-order chi connectivity index (χ1) is 14.7. The predicted molar refractivity (Wildman–Crippen MR) is 114 cm³/mol. The minimum Gasteiger partial charge on any atom is -0.368 e. The minimum atomic E-state index is -4.39. The van der Waals surface area contributed by atoms with E-state index in [1.54, 1.807) is 24.3 Å². The number of rotatable bonds is 3. The summed E-state index contributed by atoms with van der Waals surface area (Å²) < 4.78 is 40.0. The molecule has 3 aromatic rings. The fourth-order valence-electron chi connectivity index (χ4n) is 3.41. The molecule has 11 heteroatoms. The van der Waals surface area contributed by atoms with Crippen LogP contribution in [0.3, 0.4) is 0 Å². The van der Waals surface area contributed by atoms with Gasteiger partial charge < -0.3 is 9.80 Å². The molecule has 1 aliphatic rings. The maximum Gasteiger partial charge on any atom is 0.416 e. The second-order valence-electron chi connectivity index (χ2n) is 6.90. The van der Waals surface area contributed by atoms with E-state index in [4.69, 9.17) is 23.2 Å². The molecule has 0 spiro atoms. The van der Waals surface area contributed by atoms with Crippen molar-refractivity contribution in [2.45, 2.75) is 6.18 Å². The molecule has 0 unspecified atom stereocenters. The van der Waals surface area contributed by atoms with Gasteiger partial charge in [0.1, 0.15) is 10.2 Å². The Kier molecular flexibility index (Phi) is 5.81. The van der Waals surface area contributed by atoms with E-state index in [0.29, 0.717) is 37.6 Å². The number of aromatic nitrogens is 3. The molecule has 1 fully saturated rings. The van der Waals surface area contributed by atoms with E-state index in [0.717, 1.165) is 16.8 Å². The van der Waals surface area contributed by atoms with Crippen LogP contribution >= 0.6 is 23.2 Å². The quantitative estimate of drug-likeness (QED) is 0.535. The molecule has 0 amide bonds. The molecule has 31 heavy (non-hydrogen) atoms. The number of piperazine rings is 1. The van der Waals surface area contributed by atoms with Crippen LogP contribution in [0, 0.1) is 0 Å². The molecule has 0 atom stereocenters. The van der Waals surface area contributed by atoms with Crippen molar-refractivity contribution >= 4 is 34.6 Å². The smallest absolute Gasteiger partial charge is 0.368 e. The average molecular weight is 470 g/mol. The van der Waals surface area contributed by atoms with Crippen molar-refractivity contribution < 1.29 is 13.2 Å². The first kappa shape index (κ1) is 21.5. The van der Waals surface area contributed by atoms with E-state index in [2.05, 4.69) is 10.1 Å². The van der Waals surface area contributed by atoms with Crippen LogP contribution in [0.15, 0.2) is 53.5 Å². The first-order valence-corrected chi connectivity index (χ1v) is 10.1. The molecule has 0 bridgehead atoms. The Morgan fingerprint density at radius 1 is 0.935 bits per heavy atom. The Hall–Kier alpha value is -2.78. The highest BCUT2D eigenvalue weighted by molar-refractivity contribution is 6.33. The third-order valence-electron chi connectivity index (χ3n) is 4.98. The summed E-state index contributed by atoms with van der Waals surface area (Å²) in [5.41, 5.74) is -0.248. The Bertz CT molecular complexity index is 1160. The van der Waals surface area contributed by atoms with Crippen LogP contribution in [0.25, 0.3) is 5.82 Å². The van der Waals surface area contributed by atoms with Crippen molar-refractivity contribution in [3.63, 3.8) is 0 Å². The Morgan fingerprint density at radius 2 is 1.61 bits per heavy atom. The molecule has 1 saturated heterocycles. The number of alkyl halides is 3. The molecular weight excluding hydrogens is 454 g/mol. The number of nitrogens with zero attached hydrogens (tertiary/aromatic N) is 5. The molecule has 3 heterocycles. The molecule has 1 aromatic carbocycles. The SMILES string of the molecule is O=c1c(Cl)c(N2CCN(c3cccc(C(F)(F)F)c3)CC2)cnn1-c1cccc(Cl)n1. The summed E-state index contributed by atoms with van der Waals surface area (Å²) in [6, 6.07) is 10.1. The van der Waals surface area contributed by atoms with Crippen molar-refractivity contribution in [2.75, 3.05) is 36.0 Å². The maximum absolute atomic E-state index is 13.0. The van der Waals surface area contributed by atoms with Gasteiger partial charge in [0.15, 0.2) is 5.82 Å². The normalized spacial score (nSPS) is 14.7. The Labute approximate surface area is 185 Å². The van der Waals surface area contributed by atoms with Gasteiger partial charge in [0.05, 0.1) is 17.4 Å². The number of hydrogen-bond acceptors (Lipinski definition) is 5. The summed E-state index contributed by atoms with van der Waals surface area (Å²) in [4.78, 5) is 20.5. The monoisotopic (exact) mass is 469 g/mol. The fourth-order valence-corrected chi connectivity index (χ4v) is 3.82. The van der Waals surface area contributed by atoms with Crippen LogP contribution in [0.4, 0.5) is 24.5 Å². The van der Waals surface area contributed by atoms with Gasteiger partial charge in [-0.1, -0.05) is 35.3 Å². The lowest BCUT2D eigenvalue weighted by Gasteiger charge is -2.37. The van der Waals surface area contributed by atoms with Gasteiger partial charge in [0, 0.05) is 31.9 Å². The van der Waals surface area contributed by atoms with Gasteiger partial charge in [-0.2, -0.15) is 23.0 Å². The molecule has 6 nitrogen and oxygen atoms in total. The van der Waals surface area contributed by atoms with Gasteiger partial charge >= 0.3 is 6.18 Å².